The Hall–Kier alpha value is -5.32. The number of esters is 1. The SMILES string of the molecule is CCOC(=O)c1nnn(Cc2ccc(OC)cc2)c1CN(Cc1ccccc1)c1ccc(-c2ccc(OC(F)(F)F)cc2)cc1. The van der Waals surface area contributed by atoms with Gasteiger partial charge in [-0.1, -0.05) is 71.9 Å². The lowest BCUT2D eigenvalue weighted by molar-refractivity contribution is -0.274. The van der Waals surface area contributed by atoms with Gasteiger partial charge in [0.2, 0.25) is 0 Å². The molecule has 0 radical (unpaired) electrons. The third kappa shape index (κ3) is 8.20. The lowest BCUT2D eigenvalue weighted by atomic mass is 10.0. The van der Waals surface area contributed by atoms with E-state index < -0.39 is 12.3 Å². The number of hydrogen-bond acceptors (Lipinski definition) is 7. The van der Waals surface area contributed by atoms with Gasteiger partial charge < -0.3 is 19.1 Å². The second kappa shape index (κ2) is 14.0. The van der Waals surface area contributed by atoms with E-state index in [1.54, 1.807) is 30.8 Å². The molecule has 0 aliphatic heterocycles. The van der Waals surface area contributed by atoms with Gasteiger partial charge in [-0.15, -0.1) is 18.3 Å². The Kier molecular flexibility index (Phi) is 9.67. The van der Waals surface area contributed by atoms with Crippen LogP contribution in [0, 0.1) is 0 Å². The zero-order valence-electron chi connectivity index (χ0n) is 24.7. The van der Waals surface area contributed by atoms with Crippen molar-refractivity contribution in [3.8, 4) is 22.6 Å². The predicted octanol–water partition coefficient (Wildman–Crippen LogP) is 7.28. The Balaban J connectivity index is 1.46. The molecular formula is C34H31F3N4O4. The number of rotatable bonds is 12. The topological polar surface area (TPSA) is 78.7 Å². The molecule has 0 N–H and O–H groups in total. The van der Waals surface area contributed by atoms with Crippen LogP contribution in [-0.2, 0) is 24.4 Å². The minimum Gasteiger partial charge on any atom is -0.497 e. The highest BCUT2D eigenvalue weighted by Gasteiger charge is 2.31. The zero-order valence-corrected chi connectivity index (χ0v) is 24.7. The van der Waals surface area contributed by atoms with E-state index in [0.29, 0.717) is 18.8 Å². The third-order valence-corrected chi connectivity index (χ3v) is 7.01. The lowest BCUT2D eigenvalue weighted by Gasteiger charge is -2.26. The Morgan fingerprint density at radius 3 is 2.02 bits per heavy atom. The Morgan fingerprint density at radius 2 is 1.42 bits per heavy atom. The van der Waals surface area contributed by atoms with Crippen LogP contribution in [0.5, 0.6) is 11.5 Å². The fourth-order valence-corrected chi connectivity index (χ4v) is 4.82. The number of alkyl halides is 3. The van der Waals surface area contributed by atoms with Crippen molar-refractivity contribution < 1.29 is 32.2 Å². The fraction of sp³-hybridized carbons (Fsp3) is 0.206. The summed E-state index contributed by atoms with van der Waals surface area (Å²) < 4.78 is 54.0. The Bertz CT molecular complexity index is 1690. The van der Waals surface area contributed by atoms with Gasteiger partial charge in [-0.05, 0) is 65.6 Å². The molecule has 1 heterocycles. The van der Waals surface area contributed by atoms with Crippen molar-refractivity contribution in [1.82, 2.24) is 15.0 Å². The summed E-state index contributed by atoms with van der Waals surface area (Å²) in [4.78, 5) is 15.1. The van der Waals surface area contributed by atoms with E-state index in [1.807, 2.05) is 78.9 Å². The van der Waals surface area contributed by atoms with Crippen LogP contribution in [0.2, 0.25) is 0 Å². The number of carbonyl (C=O) groups is 1. The Labute approximate surface area is 258 Å². The number of anilines is 1. The number of halogens is 3. The van der Waals surface area contributed by atoms with Gasteiger partial charge in [0.05, 0.1) is 32.5 Å². The first-order valence-corrected chi connectivity index (χ1v) is 14.2. The molecule has 5 rings (SSSR count). The van der Waals surface area contributed by atoms with Gasteiger partial charge in [0.15, 0.2) is 5.69 Å². The maximum Gasteiger partial charge on any atom is 0.573 e. The van der Waals surface area contributed by atoms with Crippen LogP contribution in [0.15, 0.2) is 103 Å². The predicted molar refractivity (Wildman–Crippen MR) is 163 cm³/mol. The average molecular weight is 617 g/mol. The van der Waals surface area contributed by atoms with Crippen LogP contribution in [0.4, 0.5) is 18.9 Å². The molecule has 5 aromatic rings. The molecular weight excluding hydrogens is 585 g/mol. The van der Waals surface area contributed by atoms with Gasteiger partial charge in [0.25, 0.3) is 0 Å². The maximum atomic E-state index is 12.9. The summed E-state index contributed by atoms with van der Waals surface area (Å²) in [6.07, 6.45) is -4.75. The molecule has 0 amide bonds. The molecule has 0 bridgehead atoms. The number of aromatic nitrogens is 3. The first-order chi connectivity index (χ1) is 21.7. The molecule has 0 aliphatic rings. The molecule has 45 heavy (non-hydrogen) atoms. The number of nitrogens with zero attached hydrogens (tertiary/aromatic N) is 4. The number of hydrogen-bond donors (Lipinski definition) is 0. The second-order valence-electron chi connectivity index (χ2n) is 10.1. The maximum absolute atomic E-state index is 12.9. The number of benzene rings is 4. The van der Waals surface area contributed by atoms with Gasteiger partial charge in [0, 0.05) is 12.2 Å². The quantitative estimate of drug-likeness (QED) is 0.136. The van der Waals surface area contributed by atoms with Crippen molar-refractivity contribution in [2.24, 2.45) is 0 Å². The molecule has 0 atom stereocenters. The molecule has 0 unspecified atom stereocenters. The average Bonchev–Trinajstić information content (AvgIpc) is 3.43. The van der Waals surface area contributed by atoms with Crippen LogP contribution < -0.4 is 14.4 Å². The van der Waals surface area contributed by atoms with Crippen molar-refractivity contribution in [1.29, 1.82) is 0 Å². The molecule has 0 saturated heterocycles. The van der Waals surface area contributed by atoms with E-state index in [9.17, 15) is 18.0 Å². The molecule has 8 nitrogen and oxygen atoms in total. The molecule has 0 saturated carbocycles. The number of methoxy groups -OCH3 is 1. The standard InChI is InChI=1S/C34H31F3N4O4/c1-3-44-33(42)32-31(41(39-38-32)22-25-9-17-29(43-2)18-10-25)23-40(21-24-7-5-4-6-8-24)28-15-11-26(12-16-28)27-13-19-30(20-14-27)45-34(35,36)37/h4-20H,3,21-23H2,1-2H3. The largest absolute Gasteiger partial charge is 0.573 e. The molecule has 1 aromatic heterocycles. The van der Waals surface area contributed by atoms with Crippen molar-refractivity contribution >= 4 is 11.7 Å². The first-order valence-electron chi connectivity index (χ1n) is 14.2. The summed E-state index contributed by atoms with van der Waals surface area (Å²) in [5, 5.41) is 8.53. The molecule has 0 spiro atoms. The highest BCUT2D eigenvalue weighted by atomic mass is 19.4. The van der Waals surface area contributed by atoms with Crippen molar-refractivity contribution in [2.45, 2.75) is 32.9 Å². The lowest BCUT2D eigenvalue weighted by Crippen LogP contribution is -2.26. The molecule has 11 heteroatoms. The van der Waals surface area contributed by atoms with Gasteiger partial charge >= 0.3 is 12.3 Å². The minimum atomic E-state index is -4.75. The molecule has 232 valence electrons. The van der Waals surface area contributed by atoms with Crippen LogP contribution in [-0.4, -0.2) is 41.0 Å². The van der Waals surface area contributed by atoms with Gasteiger partial charge in [-0.25, -0.2) is 9.48 Å². The smallest absolute Gasteiger partial charge is 0.497 e. The van der Waals surface area contributed by atoms with Crippen LogP contribution in [0.1, 0.15) is 34.2 Å². The van der Waals surface area contributed by atoms with E-state index in [1.165, 1.54) is 12.1 Å². The summed E-state index contributed by atoms with van der Waals surface area (Å²) in [6, 6.07) is 30.8. The fourth-order valence-electron chi connectivity index (χ4n) is 4.82. The number of ether oxygens (including phenoxy) is 3. The monoisotopic (exact) mass is 616 g/mol. The summed E-state index contributed by atoms with van der Waals surface area (Å²) in [6.45, 7) is 3.11. The van der Waals surface area contributed by atoms with Crippen LogP contribution >= 0.6 is 0 Å². The molecule has 0 fully saturated rings. The minimum absolute atomic E-state index is 0.140. The highest BCUT2D eigenvalue weighted by molar-refractivity contribution is 5.88. The van der Waals surface area contributed by atoms with E-state index in [0.717, 1.165) is 33.7 Å². The molecule has 0 aliphatic carbocycles. The first kappa shape index (κ1) is 31.1. The van der Waals surface area contributed by atoms with Crippen molar-refractivity contribution in [2.75, 3.05) is 18.6 Å². The van der Waals surface area contributed by atoms with Crippen molar-refractivity contribution in [3.63, 3.8) is 0 Å². The van der Waals surface area contributed by atoms with E-state index in [2.05, 4.69) is 19.9 Å². The van der Waals surface area contributed by atoms with Gasteiger partial charge in [0.1, 0.15) is 11.5 Å². The molecule has 4 aromatic carbocycles. The van der Waals surface area contributed by atoms with Gasteiger partial charge in [-0.3, -0.25) is 0 Å². The van der Waals surface area contributed by atoms with Crippen LogP contribution in [0.25, 0.3) is 11.1 Å². The zero-order chi connectivity index (χ0) is 31.8. The van der Waals surface area contributed by atoms with E-state index in [-0.39, 0.29) is 24.6 Å². The van der Waals surface area contributed by atoms with Crippen LogP contribution in [0.3, 0.4) is 0 Å². The summed E-state index contributed by atoms with van der Waals surface area (Å²) in [7, 11) is 1.60. The Morgan fingerprint density at radius 1 is 0.800 bits per heavy atom. The second-order valence-corrected chi connectivity index (χ2v) is 10.1. The van der Waals surface area contributed by atoms with E-state index in [4.69, 9.17) is 9.47 Å². The summed E-state index contributed by atoms with van der Waals surface area (Å²) in [5.74, 6) is -0.108. The summed E-state index contributed by atoms with van der Waals surface area (Å²) >= 11 is 0. The van der Waals surface area contributed by atoms with E-state index >= 15 is 0 Å². The van der Waals surface area contributed by atoms with Gasteiger partial charge in [-0.2, -0.15) is 0 Å². The highest BCUT2D eigenvalue weighted by Crippen LogP contribution is 2.29. The van der Waals surface area contributed by atoms with Crippen molar-refractivity contribution in [3.05, 3.63) is 126 Å². The normalized spacial score (nSPS) is 11.2. The third-order valence-electron chi connectivity index (χ3n) is 7.01. The summed E-state index contributed by atoms with van der Waals surface area (Å²) in [5.41, 5.74) is 5.13. The number of carbonyl (C=O) groups excluding carboxylic acids is 1.